The number of nitrogens with one attached hydrogen (secondary N) is 2. The number of nitrogens with zero attached hydrogens (tertiary/aromatic N) is 5. The highest BCUT2D eigenvalue weighted by molar-refractivity contribution is 8.24. The van der Waals surface area contributed by atoms with Crippen molar-refractivity contribution in [2.75, 3.05) is 53.2 Å². The van der Waals surface area contributed by atoms with Crippen molar-refractivity contribution in [2.45, 2.75) is 31.2 Å². The van der Waals surface area contributed by atoms with Crippen LogP contribution in [0, 0.1) is 6.92 Å². The molecule has 1 unspecified atom stereocenters. The summed E-state index contributed by atoms with van der Waals surface area (Å²) in [7, 11) is -6.61. The molecule has 2 aliphatic rings. The largest absolute Gasteiger partial charge is 0.368 e. The van der Waals surface area contributed by atoms with E-state index in [2.05, 4.69) is 25.5 Å². The van der Waals surface area contributed by atoms with E-state index in [1.165, 1.54) is 6.20 Å². The zero-order chi connectivity index (χ0) is 30.4. The lowest BCUT2D eigenvalue weighted by Crippen LogP contribution is -2.48. The van der Waals surface area contributed by atoms with Gasteiger partial charge in [-0.05, 0) is 55.8 Å². The Bertz CT molecular complexity index is 1750. The maximum Gasteiger partial charge on any atom is 0.269 e. The molecule has 228 valence electrons. The van der Waals surface area contributed by atoms with E-state index >= 15 is 0 Å². The van der Waals surface area contributed by atoms with Crippen LogP contribution in [0.25, 0.3) is 11.0 Å². The third-order valence-electron chi connectivity index (χ3n) is 7.90. The van der Waals surface area contributed by atoms with Crippen LogP contribution in [0.2, 0.25) is 0 Å². The number of aryl methyl sites for hydroxylation is 1. The van der Waals surface area contributed by atoms with Crippen molar-refractivity contribution in [2.24, 2.45) is 0 Å². The van der Waals surface area contributed by atoms with Crippen molar-refractivity contribution in [3.63, 3.8) is 0 Å². The molecule has 0 radical (unpaired) electrons. The lowest BCUT2D eigenvalue weighted by Gasteiger charge is -2.35. The highest BCUT2D eigenvalue weighted by atomic mass is 32.3. The van der Waals surface area contributed by atoms with Crippen LogP contribution in [0.5, 0.6) is 0 Å². The molecule has 4 aromatic rings. The topological polar surface area (TPSA) is 153 Å². The summed E-state index contributed by atoms with van der Waals surface area (Å²) in [6.45, 7) is 6.34. The molecule has 0 saturated carbocycles. The number of hydrogen-bond donors (Lipinski definition) is 4. The Labute approximate surface area is 252 Å². The molecule has 0 aliphatic carbocycles. The number of amides is 1. The van der Waals surface area contributed by atoms with Crippen molar-refractivity contribution in [1.82, 2.24) is 18.8 Å². The second-order valence-electron chi connectivity index (χ2n) is 11.0. The fourth-order valence-electron chi connectivity index (χ4n) is 5.47. The molecule has 12 nitrogen and oxygen atoms in total. The number of carbonyl (C=O) groups excluding carboxylic acids is 1. The molecule has 0 bridgehead atoms. The molecule has 2 fully saturated rings. The lowest BCUT2D eigenvalue weighted by molar-refractivity contribution is -0.129. The van der Waals surface area contributed by atoms with Crippen LogP contribution in [-0.4, -0.2) is 86.0 Å². The van der Waals surface area contributed by atoms with Gasteiger partial charge in [-0.25, -0.2) is 12.4 Å². The van der Waals surface area contributed by atoms with Crippen molar-refractivity contribution in [1.29, 1.82) is 0 Å². The summed E-state index contributed by atoms with van der Waals surface area (Å²) in [5.74, 6) is 1.20. The molecule has 2 aromatic heterocycles. The normalized spacial score (nSPS) is 19.4. The zero-order valence-corrected chi connectivity index (χ0v) is 25.6. The van der Waals surface area contributed by atoms with Gasteiger partial charge in [0.25, 0.3) is 10.0 Å². The monoisotopic (exact) mass is 625 g/mol. The first-order valence-corrected chi connectivity index (χ1v) is 17.4. The lowest BCUT2D eigenvalue weighted by atomic mass is 10.2. The van der Waals surface area contributed by atoms with Crippen molar-refractivity contribution in [3.8, 4) is 0 Å². The Morgan fingerprint density at radius 2 is 1.67 bits per heavy atom. The van der Waals surface area contributed by atoms with E-state index in [0.717, 1.165) is 28.3 Å². The van der Waals surface area contributed by atoms with Crippen molar-refractivity contribution < 1.29 is 22.3 Å². The standard InChI is InChI=1S/C29H35N7O5S2/c1-20-3-9-25(10-4-20)43(40,41)36-13-11-26-27(30-23-12-18-42(38,39)19-23)32-29(33-28(26)36)31-22-5-7-24(8-6-22)35-16-14-34(15-17-35)21(2)37/h3-11,13,23,38-39H,12,14-19H2,1-2H3,(H2,30,31,32,33). The summed E-state index contributed by atoms with van der Waals surface area (Å²) in [6.07, 6.45) is 2.02. The third-order valence-corrected chi connectivity index (χ3v) is 11.4. The molecule has 4 heterocycles. The average molecular weight is 626 g/mol. The fourth-order valence-corrected chi connectivity index (χ4v) is 8.48. The van der Waals surface area contributed by atoms with Gasteiger partial charge in [0.1, 0.15) is 5.82 Å². The third kappa shape index (κ3) is 6.13. The number of fused-ring (bicyclic) bond motifs is 1. The molecule has 6 rings (SSSR count). The van der Waals surface area contributed by atoms with E-state index in [1.807, 2.05) is 36.1 Å². The predicted octanol–water partition coefficient (Wildman–Crippen LogP) is 4.32. The molecular weight excluding hydrogens is 590 g/mol. The molecule has 14 heteroatoms. The SMILES string of the molecule is CC(=O)N1CCN(c2ccc(Nc3nc(NC4CCS(O)(O)C4)c4ccn(S(=O)(=O)c5ccc(C)cc5)c4n3)cc2)CC1. The Morgan fingerprint density at radius 3 is 2.30 bits per heavy atom. The van der Waals surface area contributed by atoms with Gasteiger partial charge in [0.15, 0.2) is 5.65 Å². The van der Waals surface area contributed by atoms with Gasteiger partial charge in [0.2, 0.25) is 11.9 Å². The average Bonchev–Trinajstić information content (AvgIpc) is 3.57. The smallest absolute Gasteiger partial charge is 0.269 e. The number of rotatable bonds is 7. The van der Waals surface area contributed by atoms with Gasteiger partial charge in [0, 0.05) is 62.5 Å². The van der Waals surface area contributed by atoms with E-state index in [4.69, 9.17) is 0 Å². The summed E-state index contributed by atoms with van der Waals surface area (Å²) in [6, 6.07) is 15.8. The quantitative estimate of drug-likeness (QED) is 0.234. The molecule has 1 atom stereocenters. The zero-order valence-electron chi connectivity index (χ0n) is 24.0. The first-order chi connectivity index (χ1) is 20.5. The second-order valence-corrected chi connectivity index (χ2v) is 15.2. The van der Waals surface area contributed by atoms with Gasteiger partial charge in [-0.15, -0.1) is 0 Å². The van der Waals surface area contributed by atoms with Crippen LogP contribution in [0.3, 0.4) is 0 Å². The number of benzene rings is 2. The van der Waals surface area contributed by atoms with Crippen molar-refractivity contribution >= 4 is 60.7 Å². The van der Waals surface area contributed by atoms with Gasteiger partial charge in [-0.2, -0.15) is 20.6 Å². The summed E-state index contributed by atoms with van der Waals surface area (Å²) in [5, 5.41) is 7.02. The van der Waals surface area contributed by atoms with E-state index in [-0.39, 0.29) is 34.2 Å². The van der Waals surface area contributed by atoms with Crippen LogP contribution in [0.4, 0.5) is 23.1 Å². The number of hydrogen-bond acceptors (Lipinski definition) is 10. The summed E-state index contributed by atoms with van der Waals surface area (Å²) >= 11 is 0. The molecular formula is C29H35N7O5S2. The van der Waals surface area contributed by atoms with E-state index in [9.17, 15) is 22.3 Å². The summed E-state index contributed by atoms with van der Waals surface area (Å²) in [4.78, 5) is 25.2. The Hall–Kier alpha value is -3.85. The van der Waals surface area contributed by atoms with E-state index < -0.39 is 20.6 Å². The van der Waals surface area contributed by atoms with Crippen LogP contribution in [-0.2, 0) is 14.8 Å². The number of aromatic nitrogens is 3. The number of anilines is 4. The summed E-state index contributed by atoms with van der Waals surface area (Å²) in [5.41, 5.74) is 2.89. The van der Waals surface area contributed by atoms with E-state index in [0.29, 0.717) is 42.2 Å². The fraction of sp³-hybridized carbons (Fsp3) is 0.345. The minimum atomic E-state index is -3.95. The van der Waals surface area contributed by atoms with Crippen LogP contribution in [0.15, 0.2) is 65.7 Å². The van der Waals surface area contributed by atoms with Crippen LogP contribution < -0.4 is 15.5 Å². The molecule has 2 saturated heterocycles. The molecule has 43 heavy (non-hydrogen) atoms. The molecule has 0 spiro atoms. The van der Waals surface area contributed by atoms with Crippen molar-refractivity contribution in [3.05, 3.63) is 66.4 Å². The number of piperazine rings is 1. The minimum Gasteiger partial charge on any atom is -0.368 e. The molecule has 1 amide bonds. The maximum absolute atomic E-state index is 13.6. The Kier molecular flexibility index (Phi) is 7.71. The van der Waals surface area contributed by atoms with Gasteiger partial charge in [-0.1, -0.05) is 17.7 Å². The van der Waals surface area contributed by atoms with Crippen LogP contribution in [0.1, 0.15) is 18.9 Å². The van der Waals surface area contributed by atoms with Gasteiger partial charge < -0.3 is 20.4 Å². The van der Waals surface area contributed by atoms with E-state index in [1.54, 1.807) is 37.3 Å². The van der Waals surface area contributed by atoms with Gasteiger partial charge in [0.05, 0.1) is 16.0 Å². The highest BCUT2D eigenvalue weighted by Gasteiger charge is 2.30. The molecule has 2 aliphatic heterocycles. The van der Waals surface area contributed by atoms with Gasteiger partial charge >= 0.3 is 0 Å². The minimum absolute atomic E-state index is 0.0871. The van der Waals surface area contributed by atoms with Crippen LogP contribution >= 0.6 is 10.6 Å². The second kappa shape index (κ2) is 11.3. The Balaban J connectivity index is 1.31. The highest BCUT2D eigenvalue weighted by Crippen LogP contribution is 2.46. The van der Waals surface area contributed by atoms with Gasteiger partial charge in [-0.3, -0.25) is 13.9 Å². The Morgan fingerprint density at radius 1 is 0.977 bits per heavy atom. The first kappa shape index (κ1) is 29.2. The summed E-state index contributed by atoms with van der Waals surface area (Å²) < 4.78 is 48.8. The molecule has 2 aromatic carbocycles. The number of carbonyl (C=O) groups is 1. The first-order valence-electron chi connectivity index (χ1n) is 14.1. The maximum atomic E-state index is 13.6. The predicted molar refractivity (Wildman–Crippen MR) is 170 cm³/mol. The molecule has 4 N–H and O–H groups in total.